The maximum absolute atomic E-state index is 5.74. The van der Waals surface area contributed by atoms with Crippen molar-refractivity contribution in [1.82, 2.24) is 4.90 Å². The van der Waals surface area contributed by atoms with Crippen molar-refractivity contribution in [3.05, 3.63) is 0 Å². The van der Waals surface area contributed by atoms with Crippen LogP contribution in [-0.4, -0.2) is 43.6 Å². The van der Waals surface area contributed by atoms with Gasteiger partial charge in [-0.25, -0.2) is 0 Å². The van der Waals surface area contributed by atoms with Crippen LogP contribution >= 0.6 is 11.6 Å². The molecule has 0 spiro atoms. The Hall–Kier alpha value is 0.210. The third-order valence-corrected chi connectivity index (χ3v) is 2.92. The largest absolute Gasteiger partial charge is 0.380 e. The zero-order valence-corrected chi connectivity index (χ0v) is 8.68. The molecule has 0 aromatic carbocycles. The fourth-order valence-corrected chi connectivity index (χ4v) is 1.66. The molecule has 0 aliphatic carbocycles. The van der Waals surface area contributed by atoms with Crippen LogP contribution in [0.3, 0.4) is 0 Å². The van der Waals surface area contributed by atoms with Gasteiger partial charge in [0.1, 0.15) is 0 Å². The molecule has 0 N–H and O–H groups in total. The third-order valence-electron chi connectivity index (χ3n) is 2.39. The Kier molecular flexibility index (Phi) is 4.33. The topological polar surface area (TPSA) is 12.5 Å². The van der Waals surface area contributed by atoms with Gasteiger partial charge in [0, 0.05) is 25.1 Å². The molecule has 1 aliphatic rings. The number of alkyl halides is 1. The lowest BCUT2D eigenvalue weighted by atomic mass is 10.1. The van der Waals surface area contributed by atoms with Gasteiger partial charge in [-0.05, 0) is 19.4 Å². The Labute approximate surface area is 79.8 Å². The first kappa shape index (κ1) is 10.3. The summed E-state index contributed by atoms with van der Waals surface area (Å²) in [7, 11) is 2.16. The molecule has 12 heavy (non-hydrogen) atoms. The van der Waals surface area contributed by atoms with Gasteiger partial charge in [-0.1, -0.05) is 6.92 Å². The molecular formula is C9H18ClNO. The van der Waals surface area contributed by atoms with Crippen LogP contribution in [0, 0.1) is 5.92 Å². The number of likely N-dealkylation sites (N-methyl/N-ethyl adjacent to an activating group) is 1. The summed E-state index contributed by atoms with van der Waals surface area (Å²) in [5.41, 5.74) is 0. The minimum atomic E-state index is 0.581. The van der Waals surface area contributed by atoms with Crippen molar-refractivity contribution in [1.29, 1.82) is 0 Å². The van der Waals surface area contributed by atoms with E-state index in [1.165, 1.54) is 6.42 Å². The minimum Gasteiger partial charge on any atom is -0.380 e. The van der Waals surface area contributed by atoms with Gasteiger partial charge in [0.25, 0.3) is 0 Å². The standard InChI is InChI=1S/C9H18ClNO/c1-8(5-10)6-11(2)9-3-4-12-7-9/h8-9H,3-7H2,1-2H3. The van der Waals surface area contributed by atoms with E-state index in [9.17, 15) is 0 Å². The molecule has 0 bridgehead atoms. The van der Waals surface area contributed by atoms with E-state index in [-0.39, 0.29) is 0 Å². The predicted molar refractivity (Wildman–Crippen MR) is 51.7 cm³/mol. The predicted octanol–water partition coefficient (Wildman–Crippen LogP) is 1.58. The summed E-state index contributed by atoms with van der Waals surface area (Å²) in [5.74, 6) is 1.33. The second-order valence-corrected chi connectivity index (χ2v) is 4.03. The van der Waals surface area contributed by atoms with Gasteiger partial charge in [0.2, 0.25) is 0 Å². The molecule has 3 heteroatoms. The Morgan fingerprint density at radius 3 is 2.92 bits per heavy atom. The molecule has 0 aromatic rings. The normalized spacial score (nSPS) is 26.5. The fraction of sp³-hybridized carbons (Fsp3) is 1.00. The van der Waals surface area contributed by atoms with Gasteiger partial charge in [0.05, 0.1) is 6.61 Å². The maximum Gasteiger partial charge on any atom is 0.0622 e. The summed E-state index contributed by atoms with van der Waals surface area (Å²) in [6.07, 6.45) is 1.17. The van der Waals surface area contributed by atoms with Crippen LogP contribution in [0.1, 0.15) is 13.3 Å². The van der Waals surface area contributed by atoms with Crippen LogP contribution in [0.2, 0.25) is 0 Å². The highest BCUT2D eigenvalue weighted by atomic mass is 35.5. The van der Waals surface area contributed by atoms with Crippen molar-refractivity contribution in [2.24, 2.45) is 5.92 Å². The molecular weight excluding hydrogens is 174 g/mol. The lowest BCUT2D eigenvalue weighted by Crippen LogP contribution is -2.35. The zero-order chi connectivity index (χ0) is 8.97. The molecule has 0 saturated carbocycles. The van der Waals surface area contributed by atoms with E-state index < -0.39 is 0 Å². The Bertz CT molecular complexity index is 126. The molecule has 72 valence electrons. The van der Waals surface area contributed by atoms with E-state index in [4.69, 9.17) is 16.3 Å². The van der Waals surface area contributed by atoms with Gasteiger partial charge in [-0.15, -0.1) is 11.6 Å². The SMILES string of the molecule is CC(CCl)CN(C)C1CCOC1. The second kappa shape index (κ2) is 5.05. The minimum absolute atomic E-state index is 0.581. The van der Waals surface area contributed by atoms with E-state index in [0.717, 1.165) is 25.6 Å². The molecule has 2 unspecified atom stereocenters. The van der Waals surface area contributed by atoms with Crippen LogP contribution in [0.4, 0.5) is 0 Å². The van der Waals surface area contributed by atoms with Gasteiger partial charge >= 0.3 is 0 Å². The first-order valence-electron chi connectivity index (χ1n) is 4.58. The number of hydrogen-bond acceptors (Lipinski definition) is 2. The summed E-state index contributed by atoms with van der Waals surface area (Å²) < 4.78 is 5.32. The van der Waals surface area contributed by atoms with E-state index in [1.807, 2.05) is 0 Å². The number of hydrogen-bond donors (Lipinski definition) is 0. The van der Waals surface area contributed by atoms with Crippen molar-refractivity contribution >= 4 is 11.6 Å². The average molecular weight is 192 g/mol. The highest BCUT2D eigenvalue weighted by Crippen LogP contribution is 2.12. The Morgan fingerprint density at radius 1 is 1.67 bits per heavy atom. The molecule has 0 radical (unpaired) electrons. The van der Waals surface area contributed by atoms with Gasteiger partial charge in [0.15, 0.2) is 0 Å². The lowest BCUT2D eigenvalue weighted by Gasteiger charge is -2.25. The van der Waals surface area contributed by atoms with Crippen molar-refractivity contribution in [2.75, 3.05) is 32.7 Å². The van der Waals surface area contributed by atoms with Crippen LogP contribution < -0.4 is 0 Å². The van der Waals surface area contributed by atoms with Crippen molar-refractivity contribution in [3.8, 4) is 0 Å². The van der Waals surface area contributed by atoms with Gasteiger partial charge in [-0.2, -0.15) is 0 Å². The van der Waals surface area contributed by atoms with E-state index in [1.54, 1.807) is 0 Å². The van der Waals surface area contributed by atoms with Crippen LogP contribution in [0.5, 0.6) is 0 Å². The fourth-order valence-electron chi connectivity index (χ4n) is 1.56. The quantitative estimate of drug-likeness (QED) is 0.626. The smallest absolute Gasteiger partial charge is 0.0622 e. The van der Waals surface area contributed by atoms with Crippen LogP contribution in [0.25, 0.3) is 0 Å². The number of rotatable bonds is 4. The number of halogens is 1. The van der Waals surface area contributed by atoms with Gasteiger partial charge < -0.3 is 9.64 Å². The van der Waals surface area contributed by atoms with E-state index in [2.05, 4.69) is 18.9 Å². The van der Waals surface area contributed by atoms with Crippen molar-refractivity contribution < 1.29 is 4.74 Å². The average Bonchev–Trinajstić information content (AvgIpc) is 2.56. The Morgan fingerprint density at radius 2 is 2.42 bits per heavy atom. The zero-order valence-electron chi connectivity index (χ0n) is 7.92. The number of nitrogens with zero attached hydrogens (tertiary/aromatic N) is 1. The first-order chi connectivity index (χ1) is 5.74. The number of ether oxygens (including phenoxy) is 1. The van der Waals surface area contributed by atoms with E-state index in [0.29, 0.717) is 12.0 Å². The van der Waals surface area contributed by atoms with Crippen molar-refractivity contribution in [2.45, 2.75) is 19.4 Å². The molecule has 1 aliphatic heterocycles. The van der Waals surface area contributed by atoms with Crippen LogP contribution in [0.15, 0.2) is 0 Å². The molecule has 1 heterocycles. The Balaban J connectivity index is 2.21. The maximum atomic E-state index is 5.74. The third kappa shape index (κ3) is 2.92. The molecule has 1 fully saturated rings. The molecule has 0 amide bonds. The highest BCUT2D eigenvalue weighted by Gasteiger charge is 2.20. The summed E-state index contributed by atoms with van der Waals surface area (Å²) in [4.78, 5) is 2.36. The summed E-state index contributed by atoms with van der Waals surface area (Å²) in [6, 6.07) is 0.621. The molecule has 1 saturated heterocycles. The first-order valence-corrected chi connectivity index (χ1v) is 5.11. The van der Waals surface area contributed by atoms with Gasteiger partial charge in [-0.3, -0.25) is 0 Å². The highest BCUT2D eigenvalue weighted by molar-refractivity contribution is 6.18. The lowest BCUT2D eigenvalue weighted by molar-refractivity contribution is 0.153. The summed E-state index contributed by atoms with van der Waals surface area (Å²) in [6.45, 7) is 5.08. The molecule has 0 aromatic heterocycles. The molecule has 2 atom stereocenters. The molecule has 1 rings (SSSR count). The summed E-state index contributed by atoms with van der Waals surface area (Å²) in [5, 5.41) is 0. The molecule has 2 nitrogen and oxygen atoms in total. The monoisotopic (exact) mass is 191 g/mol. The second-order valence-electron chi connectivity index (χ2n) is 3.72. The van der Waals surface area contributed by atoms with Crippen LogP contribution in [-0.2, 0) is 4.74 Å². The van der Waals surface area contributed by atoms with E-state index >= 15 is 0 Å². The summed E-state index contributed by atoms with van der Waals surface area (Å²) >= 11 is 5.74. The van der Waals surface area contributed by atoms with Crippen molar-refractivity contribution in [3.63, 3.8) is 0 Å².